The zero-order valence-electron chi connectivity index (χ0n) is 20.7. The molecule has 0 unspecified atom stereocenters. The number of nitrogens with one attached hydrogen (secondary N) is 1. The Morgan fingerprint density at radius 3 is 2.51 bits per heavy atom. The van der Waals surface area contributed by atoms with Gasteiger partial charge in [0.1, 0.15) is 17.3 Å². The normalized spacial score (nSPS) is 14.8. The summed E-state index contributed by atoms with van der Waals surface area (Å²) in [5.41, 5.74) is 3.80. The number of hydrogen-bond acceptors (Lipinski definition) is 5. The van der Waals surface area contributed by atoms with Gasteiger partial charge in [-0.05, 0) is 62.4 Å². The topological polar surface area (TPSA) is 125 Å². The van der Waals surface area contributed by atoms with E-state index in [1.54, 1.807) is 12.1 Å². The van der Waals surface area contributed by atoms with E-state index in [4.69, 9.17) is 10.1 Å². The van der Waals surface area contributed by atoms with Crippen LogP contribution >= 0.6 is 0 Å². The van der Waals surface area contributed by atoms with Crippen LogP contribution in [0, 0.1) is 12.7 Å². The van der Waals surface area contributed by atoms with Crippen molar-refractivity contribution in [3.63, 3.8) is 0 Å². The number of carbonyl (C=O) groups excluding carboxylic acids is 1. The van der Waals surface area contributed by atoms with Crippen LogP contribution in [0.1, 0.15) is 65.3 Å². The number of benzene rings is 2. The first-order valence-electron chi connectivity index (χ1n) is 12.5. The van der Waals surface area contributed by atoms with Crippen molar-refractivity contribution in [3.8, 4) is 11.4 Å². The molecule has 1 aliphatic carbocycles. The number of rotatable bonds is 12. The van der Waals surface area contributed by atoms with Gasteiger partial charge in [0.2, 0.25) is 0 Å². The highest BCUT2D eigenvalue weighted by Gasteiger charge is 2.35. The molecule has 2 aromatic carbocycles. The molecule has 0 aliphatic heterocycles. The fourth-order valence-electron chi connectivity index (χ4n) is 4.53. The second-order valence-corrected chi connectivity index (χ2v) is 9.70. The number of nitrogens with zero attached hydrogens (tertiary/aromatic N) is 2. The number of carbonyl (C=O) groups is 2. The first-order valence-corrected chi connectivity index (χ1v) is 12.5. The number of aliphatic hydroxyl groups is 2. The molecule has 0 saturated heterocycles. The number of hydrogen-bond donors (Lipinski definition) is 4. The van der Waals surface area contributed by atoms with Crippen molar-refractivity contribution in [2.75, 3.05) is 0 Å². The van der Waals surface area contributed by atoms with Gasteiger partial charge in [0.25, 0.3) is 5.91 Å². The van der Waals surface area contributed by atoms with E-state index in [1.807, 2.05) is 35.8 Å². The van der Waals surface area contributed by atoms with Gasteiger partial charge in [-0.25, -0.2) is 9.37 Å². The van der Waals surface area contributed by atoms with E-state index in [9.17, 15) is 24.2 Å². The second-order valence-electron chi connectivity index (χ2n) is 9.70. The van der Waals surface area contributed by atoms with Crippen molar-refractivity contribution in [2.45, 2.75) is 70.2 Å². The van der Waals surface area contributed by atoms with E-state index in [-0.39, 0.29) is 30.5 Å². The Bertz CT molecular complexity index is 1250. The lowest BCUT2D eigenvalue weighted by Crippen LogP contribution is -2.25. The van der Waals surface area contributed by atoms with Crippen LogP contribution in [-0.2, 0) is 17.9 Å². The van der Waals surface area contributed by atoms with Crippen LogP contribution in [0.2, 0.25) is 0 Å². The highest BCUT2D eigenvalue weighted by Crippen LogP contribution is 2.43. The van der Waals surface area contributed by atoms with Gasteiger partial charge in [-0.3, -0.25) is 9.59 Å². The predicted molar refractivity (Wildman–Crippen MR) is 135 cm³/mol. The molecule has 1 aliphatic rings. The van der Waals surface area contributed by atoms with Gasteiger partial charge in [-0.2, -0.15) is 0 Å². The van der Waals surface area contributed by atoms with Crippen LogP contribution in [0.5, 0.6) is 0 Å². The molecule has 0 bridgehead atoms. The van der Waals surface area contributed by atoms with Crippen LogP contribution in [0.15, 0.2) is 48.5 Å². The van der Waals surface area contributed by atoms with Crippen LogP contribution in [0.25, 0.3) is 11.4 Å². The Balaban J connectivity index is 1.60. The number of carboxylic acid groups (broad SMARTS) is 1. The van der Waals surface area contributed by atoms with Gasteiger partial charge in [0.05, 0.1) is 24.3 Å². The second kappa shape index (κ2) is 11.7. The van der Waals surface area contributed by atoms with Gasteiger partial charge in [-0.15, -0.1) is 0 Å². The average molecular weight is 510 g/mol. The minimum Gasteiger partial charge on any atom is -0.481 e. The highest BCUT2D eigenvalue weighted by molar-refractivity contribution is 5.94. The van der Waals surface area contributed by atoms with Gasteiger partial charge >= 0.3 is 5.97 Å². The number of amides is 1. The van der Waals surface area contributed by atoms with Crippen molar-refractivity contribution < 1.29 is 29.3 Å². The maximum Gasteiger partial charge on any atom is 0.305 e. The minimum absolute atomic E-state index is 0.0739. The zero-order chi connectivity index (χ0) is 26.5. The van der Waals surface area contributed by atoms with Crippen molar-refractivity contribution in [2.24, 2.45) is 0 Å². The molecule has 4 N–H and O–H groups in total. The summed E-state index contributed by atoms with van der Waals surface area (Å²) in [4.78, 5) is 28.8. The Labute approximate surface area is 214 Å². The Hall–Kier alpha value is -3.56. The Kier molecular flexibility index (Phi) is 8.35. The zero-order valence-corrected chi connectivity index (χ0v) is 20.7. The van der Waals surface area contributed by atoms with Gasteiger partial charge in [0, 0.05) is 24.6 Å². The van der Waals surface area contributed by atoms with Crippen LogP contribution in [-0.4, -0.2) is 49.0 Å². The van der Waals surface area contributed by atoms with Crippen LogP contribution < -0.4 is 5.32 Å². The summed E-state index contributed by atoms with van der Waals surface area (Å²) in [6.45, 7) is 2.64. The molecule has 8 nitrogen and oxygen atoms in total. The molecule has 1 aromatic heterocycles. The quantitative estimate of drug-likeness (QED) is 0.295. The van der Waals surface area contributed by atoms with E-state index >= 15 is 0 Å². The average Bonchev–Trinajstić information content (AvgIpc) is 3.61. The van der Waals surface area contributed by atoms with Crippen LogP contribution in [0.4, 0.5) is 4.39 Å². The molecule has 1 amide bonds. The fraction of sp³-hybridized carbons (Fsp3) is 0.393. The standard InChI is InChI=1S/C28H32FN3O5/c1-17-3-2-4-18(13-17)16-30-28(37)25-26(19-5-6-19)32(12-11-22(33)14-23(34)15-24(35)36)27(31-25)20-7-9-21(29)10-8-20/h2-4,7-10,13,19,22-23,33-34H,5-6,11-12,14-16H2,1H3,(H,30,37)(H,35,36)/t22-,23-/m1/s1. The molecule has 4 rings (SSSR count). The molecule has 1 fully saturated rings. The lowest BCUT2D eigenvalue weighted by Gasteiger charge is -2.17. The molecular weight excluding hydrogens is 477 g/mol. The lowest BCUT2D eigenvalue weighted by atomic mass is 10.1. The van der Waals surface area contributed by atoms with Crippen molar-refractivity contribution >= 4 is 11.9 Å². The van der Waals surface area contributed by atoms with Gasteiger partial charge in [-0.1, -0.05) is 29.8 Å². The number of carboxylic acids is 1. The summed E-state index contributed by atoms with van der Waals surface area (Å²) >= 11 is 0. The minimum atomic E-state index is -1.15. The summed E-state index contributed by atoms with van der Waals surface area (Å²) in [6, 6.07) is 13.7. The number of aliphatic carboxylic acids is 1. The summed E-state index contributed by atoms with van der Waals surface area (Å²) in [7, 11) is 0. The molecule has 1 saturated carbocycles. The molecule has 196 valence electrons. The predicted octanol–water partition coefficient (Wildman–Crippen LogP) is 3.78. The first-order chi connectivity index (χ1) is 17.7. The third-order valence-electron chi connectivity index (χ3n) is 6.46. The fourth-order valence-corrected chi connectivity index (χ4v) is 4.53. The summed E-state index contributed by atoms with van der Waals surface area (Å²) in [5, 5.41) is 32.2. The smallest absolute Gasteiger partial charge is 0.305 e. The number of aryl methyl sites for hydroxylation is 1. The third-order valence-corrected chi connectivity index (χ3v) is 6.46. The molecule has 0 spiro atoms. The SMILES string of the molecule is Cc1cccc(CNC(=O)c2nc(-c3ccc(F)cc3)n(CC[C@@H](O)C[C@@H](O)CC(=O)O)c2C2CC2)c1. The molecule has 9 heteroatoms. The van der Waals surface area contributed by atoms with Crippen molar-refractivity contribution in [1.82, 2.24) is 14.9 Å². The maximum atomic E-state index is 13.6. The molecule has 2 atom stereocenters. The molecular formula is C28H32FN3O5. The van der Waals surface area contributed by atoms with E-state index < -0.39 is 24.6 Å². The number of halogens is 1. The van der Waals surface area contributed by atoms with Gasteiger partial charge in [0.15, 0.2) is 0 Å². The Morgan fingerprint density at radius 1 is 1.14 bits per heavy atom. The monoisotopic (exact) mass is 509 g/mol. The summed E-state index contributed by atoms with van der Waals surface area (Å²) in [5.74, 6) is -1.17. The van der Waals surface area contributed by atoms with E-state index in [0.717, 1.165) is 29.7 Å². The number of imidazole rings is 1. The Morgan fingerprint density at radius 2 is 1.86 bits per heavy atom. The largest absolute Gasteiger partial charge is 0.481 e. The number of aromatic nitrogens is 2. The molecule has 3 aromatic rings. The summed E-state index contributed by atoms with van der Waals surface area (Å²) in [6.07, 6.45) is -0.567. The van der Waals surface area contributed by atoms with Crippen LogP contribution in [0.3, 0.4) is 0 Å². The van der Waals surface area contributed by atoms with E-state index in [1.165, 1.54) is 12.1 Å². The molecule has 0 radical (unpaired) electrons. The molecule has 1 heterocycles. The molecule has 37 heavy (non-hydrogen) atoms. The van der Waals surface area contributed by atoms with E-state index in [2.05, 4.69) is 5.32 Å². The van der Waals surface area contributed by atoms with E-state index in [0.29, 0.717) is 30.2 Å². The van der Waals surface area contributed by atoms with Crippen molar-refractivity contribution in [1.29, 1.82) is 0 Å². The maximum absolute atomic E-state index is 13.6. The first kappa shape index (κ1) is 26.5. The summed E-state index contributed by atoms with van der Waals surface area (Å²) < 4.78 is 15.5. The van der Waals surface area contributed by atoms with Crippen molar-refractivity contribution in [3.05, 3.63) is 76.9 Å². The lowest BCUT2D eigenvalue weighted by molar-refractivity contribution is -0.139. The number of aliphatic hydroxyl groups excluding tert-OH is 2. The highest BCUT2D eigenvalue weighted by atomic mass is 19.1. The third kappa shape index (κ3) is 7.02. The van der Waals surface area contributed by atoms with Gasteiger partial charge < -0.3 is 25.2 Å².